The SMILES string of the molecule is C/C=C/C(=O)N1CCC(Oc2ccc(-n3cccn3)nn2)CC1. The molecule has 2 aromatic heterocycles. The van der Waals surface area contributed by atoms with Crippen molar-refractivity contribution in [2.75, 3.05) is 13.1 Å². The first-order valence-electron chi connectivity index (χ1n) is 7.68. The molecule has 0 unspecified atom stereocenters. The fourth-order valence-corrected chi connectivity index (χ4v) is 2.52. The molecule has 1 saturated heterocycles. The van der Waals surface area contributed by atoms with E-state index < -0.39 is 0 Å². The number of carbonyl (C=O) groups is 1. The Morgan fingerprint density at radius 2 is 2.13 bits per heavy atom. The summed E-state index contributed by atoms with van der Waals surface area (Å²) >= 11 is 0. The molecule has 0 spiro atoms. The molecule has 7 nitrogen and oxygen atoms in total. The summed E-state index contributed by atoms with van der Waals surface area (Å²) in [6.07, 6.45) is 8.52. The van der Waals surface area contributed by atoms with Crippen LogP contribution in [0.3, 0.4) is 0 Å². The fourth-order valence-electron chi connectivity index (χ4n) is 2.52. The van der Waals surface area contributed by atoms with Crippen molar-refractivity contribution in [3.05, 3.63) is 42.7 Å². The smallest absolute Gasteiger partial charge is 0.246 e. The molecule has 2 aromatic rings. The van der Waals surface area contributed by atoms with E-state index in [-0.39, 0.29) is 12.0 Å². The molecule has 1 amide bonds. The summed E-state index contributed by atoms with van der Waals surface area (Å²) in [7, 11) is 0. The Morgan fingerprint density at radius 3 is 2.74 bits per heavy atom. The highest BCUT2D eigenvalue weighted by atomic mass is 16.5. The van der Waals surface area contributed by atoms with Crippen LogP contribution in [0.1, 0.15) is 19.8 Å². The summed E-state index contributed by atoms with van der Waals surface area (Å²) in [4.78, 5) is 13.6. The number of ether oxygens (including phenoxy) is 1. The van der Waals surface area contributed by atoms with E-state index in [1.807, 2.05) is 30.2 Å². The van der Waals surface area contributed by atoms with Crippen LogP contribution in [0.25, 0.3) is 5.82 Å². The molecule has 3 rings (SSSR count). The molecule has 3 heterocycles. The zero-order valence-corrected chi connectivity index (χ0v) is 13.0. The minimum atomic E-state index is 0.0642. The van der Waals surface area contributed by atoms with Gasteiger partial charge in [0.05, 0.1) is 0 Å². The van der Waals surface area contributed by atoms with Gasteiger partial charge in [-0.3, -0.25) is 4.79 Å². The van der Waals surface area contributed by atoms with Crippen LogP contribution in [0.2, 0.25) is 0 Å². The van der Waals surface area contributed by atoms with Crippen molar-refractivity contribution in [2.24, 2.45) is 0 Å². The minimum absolute atomic E-state index is 0.0642. The Bertz CT molecular complexity index is 658. The van der Waals surface area contributed by atoms with E-state index >= 15 is 0 Å². The standard InChI is InChI=1S/C16H19N5O2/c1-2-4-16(22)20-11-7-13(8-12-20)23-15-6-5-14(18-19-15)21-10-3-9-17-21/h2-6,9-10,13H,7-8,11-12H2,1H3/b4-2+. The number of amides is 1. The first-order valence-corrected chi connectivity index (χ1v) is 7.68. The lowest BCUT2D eigenvalue weighted by molar-refractivity contribution is -0.127. The van der Waals surface area contributed by atoms with Crippen molar-refractivity contribution in [2.45, 2.75) is 25.9 Å². The van der Waals surface area contributed by atoms with Crippen molar-refractivity contribution in [3.63, 3.8) is 0 Å². The Labute approximate surface area is 134 Å². The maximum Gasteiger partial charge on any atom is 0.246 e. The molecule has 0 aromatic carbocycles. The number of hydrogen-bond donors (Lipinski definition) is 0. The van der Waals surface area contributed by atoms with E-state index in [1.54, 1.807) is 29.1 Å². The Balaban J connectivity index is 1.54. The topological polar surface area (TPSA) is 73.1 Å². The van der Waals surface area contributed by atoms with Gasteiger partial charge in [0.25, 0.3) is 0 Å². The quantitative estimate of drug-likeness (QED) is 0.802. The van der Waals surface area contributed by atoms with Gasteiger partial charge >= 0.3 is 0 Å². The molecule has 1 aliphatic rings. The summed E-state index contributed by atoms with van der Waals surface area (Å²) in [5.74, 6) is 1.21. The lowest BCUT2D eigenvalue weighted by Crippen LogP contribution is -2.41. The van der Waals surface area contributed by atoms with Gasteiger partial charge in [0.1, 0.15) is 6.10 Å². The highest BCUT2D eigenvalue weighted by Crippen LogP contribution is 2.17. The third-order valence-corrected chi connectivity index (χ3v) is 3.72. The van der Waals surface area contributed by atoms with Crippen molar-refractivity contribution in [1.29, 1.82) is 0 Å². The van der Waals surface area contributed by atoms with Gasteiger partial charge in [-0.2, -0.15) is 5.10 Å². The zero-order valence-electron chi connectivity index (χ0n) is 13.0. The summed E-state index contributed by atoms with van der Waals surface area (Å²) < 4.78 is 7.50. The molecule has 0 saturated carbocycles. The average molecular weight is 313 g/mol. The van der Waals surface area contributed by atoms with E-state index in [9.17, 15) is 4.79 Å². The normalized spacial score (nSPS) is 16.0. The van der Waals surface area contributed by atoms with Crippen molar-refractivity contribution in [1.82, 2.24) is 24.9 Å². The first-order chi connectivity index (χ1) is 11.3. The highest BCUT2D eigenvalue weighted by molar-refractivity contribution is 5.87. The first kappa shape index (κ1) is 15.2. The van der Waals surface area contributed by atoms with E-state index in [0.29, 0.717) is 24.8 Å². The highest BCUT2D eigenvalue weighted by Gasteiger charge is 2.23. The third-order valence-electron chi connectivity index (χ3n) is 3.72. The van der Waals surface area contributed by atoms with Crippen LogP contribution in [0, 0.1) is 0 Å². The molecular weight excluding hydrogens is 294 g/mol. The third kappa shape index (κ3) is 3.74. The van der Waals surface area contributed by atoms with Crippen LogP contribution in [0.15, 0.2) is 42.7 Å². The van der Waals surface area contributed by atoms with Crippen LogP contribution in [-0.4, -0.2) is 50.0 Å². The molecule has 0 aliphatic carbocycles. The molecule has 120 valence electrons. The van der Waals surface area contributed by atoms with Crippen LogP contribution in [0.5, 0.6) is 5.88 Å². The second-order valence-corrected chi connectivity index (χ2v) is 5.32. The molecule has 0 atom stereocenters. The number of nitrogens with zero attached hydrogens (tertiary/aromatic N) is 5. The fraction of sp³-hybridized carbons (Fsp3) is 0.375. The minimum Gasteiger partial charge on any atom is -0.473 e. The molecule has 23 heavy (non-hydrogen) atoms. The Morgan fingerprint density at radius 1 is 1.30 bits per heavy atom. The number of rotatable bonds is 4. The van der Waals surface area contributed by atoms with Gasteiger partial charge in [-0.05, 0) is 25.1 Å². The number of allylic oxidation sites excluding steroid dienone is 1. The van der Waals surface area contributed by atoms with Crippen LogP contribution >= 0.6 is 0 Å². The van der Waals surface area contributed by atoms with Gasteiger partial charge in [0.15, 0.2) is 5.82 Å². The largest absolute Gasteiger partial charge is 0.473 e. The maximum atomic E-state index is 11.8. The van der Waals surface area contributed by atoms with Gasteiger partial charge in [-0.25, -0.2) is 4.68 Å². The van der Waals surface area contributed by atoms with Gasteiger partial charge in [-0.1, -0.05) is 6.08 Å². The van der Waals surface area contributed by atoms with Crippen LogP contribution in [0.4, 0.5) is 0 Å². The Hall–Kier alpha value is -2.70. The number of carbonyl (C=O) groups excluding carboxylic acids is 1. The predicted octanol–water partition coefficient (Wildman–Crippen LogP) is 1.61. The second-order valence-electron chi connectivity index (χ2n) is 5.32. The van der Waals surface area contributed by atoms with Crippen molar-refractivity contribution < 1.29 is 9.53 Å². The summed E-state index contributed by atoms with van der Waals surface area (Å²) in [6.45, 7) is 3.25. The monoisotopic (exact) mass is 313 g/mol. The number of likely N-dealkylation sites (tertiary alicyclic amines) is 1. The molecule has 0 N–H and O–H groups in total. The maximum absolute atomic E-state index is 11.8. The van der Waals surface area contributed by atoms with Crippen molar-refractivity contribution >= 4 is 5.91 Å². The molecule has 0 radical (unpaired) electrons. The zero-order chi connectivity index (χ0) is 16.1. The molecular formula is C16H19N5O2. The Kier molecular flexibility index (Phi) is 4.65. The predicted molar refractivity (Wildman–Crippen MR) is 84.2 cm³/mol. The summed E-state index contributed by atoms with van der Waals surface area (Å²) in [6, 6.07) is 5.44. The van der Waals surface area contributed by atoms with Gasteiger partial charge in [0, 0.05) is 44.4 Å². The number of piperidine rings is 1. The second kappa shape index (κ2) is 7.04. The molecule has 1 fully saturated rings. The van der Waals surface area contributed by atoms with Crippen molar-refractivity contribution in [3.8, 4) is 11.7 Å². The summed E-state index contributed by atoms with van der Waals surface area (Å²) in [5, 5.41) is 12.3. The lowest BCUT2D eigenvalue weighted by Gasteiger charge is -2.31. The van der Waals surface area contributed by atoms with Crippen LogP contribution < -0.4 is 4.74 Å². The lowest BCUT2D eigenvalue weighted by atomic mass is 10.1. The van der Waals surface area contributed by atoms with E-state index in [2.05, 4.69) is 15.3 Å². The van der Waals surface area contributed by atoms with Gasteiger partial charge in [0.2, 0.25) is 11.8 Å². The van der Waals surface area contributed by atoms with E-state index in [0.717, 1.165) is 12.8 Å². The molecule has 0 bridgehead atoms. The summed E-state index contributed by atoms with van der Waals surface area (Å²) in [5.41, 5.74) is 0. The van der Waals surface area contributed by atoms with E-state index in [4.69, 9.17) is 4.74 Å². The van der Waals surface area contributed by atoms with Gasteiger partial charge < -0.3 is 9.64 Å². The van der Waals surface area contributed by atoms with Crippen LogP contribution in [-0.2, 0) is 4.79 Å². The number of hydrogen-bond acceptors (Lipinski definition) is 5. The van der Waals surface area contributed by atoms with E-state index in [1.165, 1.54) is 0 Å². The average Bonchev–Trinajstić information content (AvgIpc) is 3.11. The van der Waals surface area contributed by atoms with Gasteiger partial charge in [-0.15, -0.1) is 10.2 Å². The number of aromatic nitrogens is 4. The molecule has 1 aliphatic heterocycles. The molecule has 7 heteroatoms.